The second-order valence-electron chi connectivity index (χ2n) is 4.03. The van der Waals surface area contributed by atoms with E-state index in [-0.39, 0.29) is 0 Å². The zero-order valence-electron chi connectivity index (χ0n) is 10.8. The quantitative estimate of drug-likeness (QED) is 0.807. The lowest BCUT2D eigenvalue weighted by Gasteiger charge is -2.12. The van der Waals surface area contributed by atoms with Gasteiger partial charge in [-0.1, -0.05) is 0 Å². The summed E-state index contributed by atoms with van der Waals surface area (Å²) < 4.78 is 15.7. The van der Waals surface area contributed by atoms with Crippen molar-refractivity contribution >= 4 is 11.9 Å². The number of carbonyl (C=O) groups excluding carboxylic acids is 1. The molecule has 1 aliphatic heterocycles. The van der Waals surface area contributed by atoms with Gasteiger partial charge in [-0.3, -0.25) is 0 Å². The van der Waals surface area contributed by atoms with Gasteiger partial charge in [0.1, 0.15) is 11.9 Å². The maximum Gasteiger partial charge on any atom is 0.344 e. The van der Waals surface area contributed by atoms with Crippen molar-refractivity contribution < 1.29 is 19.0 Å². The molecule has 0 amide bonds. The topological polar surface area (TPSA) is 98.4 Å². The fourth-order valence-electron chi connectivity index (χ4n) is 2.11. The summed E-state index contributed by atoms with van der Waals surface area (Å²) in [6, 6.07) is 3.46. The number of benzene rings is 1. The molecule has 8 heteroatoms. The van der Waals surface area contributed by atoms with Gasteiger partial charge < -0.3 is 19.5 Å². The predicted molar refractivity (Wildman–Crippen MR) is 67.7 cm³/mol. The van der Waals surface area contributed by atoms with Crippen molar-refractivity contribution in [2.24, 2.45) is 0 Å². The zero-order valence-corrected chi connectivity index (χ0v) is 10.8. The number of carbonyl (C=O) groups is 1. The Morgan fingerprint density at radius 3 is 2.85 bits per heavy atom. The lowest BCUT2D eigenvalue weighted by atomic mass is 10.1. The number of aromatic nitrogens is 3. The fraction of sp³-hybridized carbons (Fsp3) is 0.250. The number of methoxy groups -OCH3 is 2. The number of rotatable bonds is 4. The molecule has 20 heavy (non-hydrogen) atoms. The first-order valence-corrected chi connectivity index (χ1v) is 5.82. The summed E-state index contributed by atoms with van der Waals surface area (Å²) in [5.41, 5.74) is 1.01. The highest BCUT2D eigenvalue weighted by Gasteiger charge is 2.36. The van der Waals surface area contributed by atoms with E-state index in [0.29, 0.717) is 28.6 Å². The van der Waals surface area contributed by atoms with Crippen molar-refractivity contribution in [2.75, 3.05) is 19.5 Å². The van der Waals surface area contributed by atoms with Gasteiger partial charge in [0.2, 0.25) is 12.2 Å². The smallest absolute Gasteiger partial charge is 0.344 e. The van der Waals surface area contributed by atoms with Gasteiger partial charge >= 0.3 is 5.97 Å². The number of ether oxygens (including phenoxy) is 3. The number of hydrogen-bond donors (Lipinski definition) is 2. The third-order valence-electron chi connectivity index (χ3n) is 2.97. The minimum Gasteiger partial charge on any atom is -0.493 e. The summed E-state index contributed by atoms with van der Waals surface area (Å²) in [4.78, 5) is 15.9. The Morgan fingerprint density at radius 2 is 2.20 bits per heavy atom. The molecule has 0 fully saturated rings. The highest BCUT2D eigenvalue weighted by molar-refractivity contribution is 5.98. The molecule has 0 aliphatic carbocycles. The van der Waals surface area contributed by atoms with E-state index in [4.69, 9.17) is 14.2 Å². The number of fused-ring (bicyclic) bond motifs is 1. The Bertz CT molecular complexity index is 641. The molecule has 1 aromatic heterocycles. The summed E-state index contributed by atoms with van der Waals surface area (Å²) in [5.74, 6) is 0.763. The van der Waals surface area contributed by atoms with Crippen LogP contribution in [0.25, 0.3) is 0 Å². The lowest BCUT2D eigenvalue weighted by molar-refractivity contribution is 0.0434. The second kappa shape index (κ2) is 4.72. The molecule has 1 aromatic carbocycles. The van der Waals surface area contributed by atoms with Gasteiger partial charge in [0.25, 0.3) is 0 Å². The molecule has 0 radical (unpaired) electrons. The first-order valence-electron chi connectivity index (χ1n) is 5.82. The molecule has 0 spiro atoms. The zero-order chi connectivity index (χ0) is 14.1. The second-order valence-corrected chi connectivity index (χ2v) is 4.03. The highest BCUT2D eigenvalue weighted by Crippen LogP contribution is 2.41. The van der Waals surface area contributed by atoms with Crippen LogP contribution in [0.5, 0.6) is 11.5 Å². The van der Waals surface area contributed by atoms with E-state index in [9.17, 15) is 4.79 Å². The van der Waals surface area contributed by atoms with E-state index in [2.05, 4.69) is 20.5 Å². The normalized spacial score (nSPS) is 16.5. The first kappa shape index (κ1) is 12.3. The van der Waals surface area contributed by atoms with Crippen LogP contribution in [0.15, 0.2) is 18.5 Å². The summed E-state index contributed by atoms with van der Waals surface area (Å²) in [6.07, 6.45) is 0.708. The van der Waals surface area contributed by atoms with E-state index in [0.717, 1.165) is 0 Å². The van der Waals surface area contributed by atoms with Crippen molar-refractivity contribution in [3.05, 3.63) is 29.6 Å². The first-order chi connectivity index (χ1) is 9.74. The molecule has 3 rings (SSSR count). The molecule has 2 aromatic rings. The van der Waals surface area contributed by atoms with Crippen LogP contribution in [-0.4, -0.2) is 35.4 Å². The minimum absolute atomic E-state index is 0.351. The van der Waals surface area contributed by atoms with Crippen LogP contribution in [0.4, 0.5) is 5.95 Å². The number of cyclic esters (lactones) is 1. The maximum absolute atomic E-state index is 12.0. The van der Waals surface area contributed by atoms with Crippen LogP contribution in [0.1, 0.15) is 22.1 Å². The molecule has 2 heterocycles. The molecule has 2 N–H and O–H groups in total. The molecule has 8 nitrogen and oxygen atoms in total. The van der Waals surface area contributed by atoms with Gasteiger partial charge in [0, 0.05) is 5.56 Å². The van der Waals surface area contributed by atoms with Crippen molar-refractivity contribution in [2.45, 2.75) is 6.23 Å². The predicted octanol–water partition coefficient (Wildman–Crippen LogP) is 1.10. The van der Waals surface area contributed by atoms with Crippen molar-refractivity contribution in [1.82, 2.24) is 15.2 Å². The Balaban J connectivity index is 2.01. The fourth-order valence-corrected chi connectivity index (χ4v) is 2.11. The number of anilines is 1. The van der Waals surface area contributed by atoms with Crippen LogP contribution in [0.2, 0.25) is 0 Å². The molecule has 0 bridgehead atoms. The van der Waals surface area contributed by atoms with E-state index >= 15 is 0 Å². The van der Waals surface area contributed by atoms with Gasteiger partial charge in [-0.2, -0.15) is 10.1 Å². The van der Waals surface area contributed by atoms with Gasteiger partial charge in [0.15, 0.2) is 11.5 Å². The molecule has 0 unspecified atom stereocenters. The van der Waals surface area contributed by atoms with Gasteiger partial charge in [-0.05, 0) is 12.1 Å². The summed E-state index contributed by atoms with van der Waals surface area (Å²) >= 11 is 0. The molecular weight excluding hydrogens is 264 g/mol. The lowest BCUT2D eigenvalue weighted by Crippen LogP contribution is -2.11. The molecular formula is C12H12N4O4. The van der Waals surface area contributed by atoms with E-state index in [1.54, 1.807) is 12.1 Å². The molecule has 1 atom stereocenters. The van der Waals surface area contributed by atoms with Crippen LogP contribution in [0.3, 0.4) is 0 Å². The van der Waals surface area contributed by atoms with Crippen molar-refractivity contribution in [1.29, 1.82) is 0 Å². The Labute approximate surface area is 114 Å². The molecule has 0 saturated carbocycles. The number of aromatic amines is 1. The standard InChI is InChI=1S/C12H12N4O4/c1-18-7-4-3-6-8(9(7)19-2)11(17)20-10(6)15-12-13-5-14-16-12/h3-5,10H,1-2H3,(H2,13,14,15,16)/t10-/m0/s1. The van der Waals surface area contributed by atoms with Gasteiger partial charge in [-0.15, -0.1) is 0 Å². The third kappa shape index (κ3) is 1.81. The average Bonchev–Trinajstić information content (AvgIpc) is 3.07. The number of nitrogens with zero attached hydrogens (tertiary/aromatic N) is 2. The molecule has 104 valence electrons. The van der Waals surface area contributed by atoms with Crippen LogP contribution in [-0.2, 0) is 4.74 Å². The van der Waals surface area contributed by atoms with E-state index in [1.807, 2.05) is 0 Å². The Kier molecular flexibility index (Phi) is 2.90. The average molecular weight is 276 g/mol. The number of nitrogens with one attached hydrogen (secondary N) is 2. The van der Waals surface area contributed by atoms with Crippen molar-refractivity contribution in [3.8, 4) is 11.5 Å². The van der Waals surface area contributed by atoms with Crippen molar-refractivity contribution in [3.63, 3.8) is 0 Å². The monoisotopic (exact) mass is 276 g/mol. The molecule has 0 saturated heterocycles. The third-order valence-corrected chi connectivity index (χ3v) is 2.97. The summed E-state index contributed by atoms with van der Waals surface area (Å²) in [6.45, 7) is 0. The Hall–Kier alpha value is -2.77. The molecule has 1 aliphatic rings. The summed E-state index contributed by atoms with van der Waals surface area (Å²) in [7, 11) is 2.98. The van der Waals surface area contributed by atoms with Crippen LogP contribution >= 0.6 is 0 Å². The van der Waals surface area contributed by atoms with Crippen LogP contribution in [0, 0.1) is 0 Å². The SMILES string of the molecule is COc1ccc2c(c1OC)C(=O)O[C@@H]2Nc1ncn[nH]1. The van der Waals surface area contributed by atoms with Gasteiger partial charge in [-0.25, -0.2) is 9.89 Å². The minimum atomic E-state index is -0.648. The number of hydrogen-bond acceptors (Lipinski definition) is 7. The van der Waals surface area contributed by atoms with E-state index in [1.165, 1.54) is 20.5 Å². The number of esters is 1. The van der Waals surface area contributed by atoms with Gasteiger partial charge in [0.05, 0.1) is 14.2 Å². The van der Waals surface area contributed by atoms with E-state index < -0.39 is 12.2 Å². The highest BCUT2D eigenvalue weighted by atomic mass is 16.6. The van der Waals surface area contributed by atoms with Crippen LogP contribution < -0.4 is 14.8 Å². The number of H-pyrrole nitrogens is 1. The largest absolute Gasteiger partial charge is 0.493 e. The Morgan fingerprint density at radius 1 is 1.35 bits per heavy atom. The summed E-state index contributed by atoms with van der Waals surface area (Å²) in [5, 5.41) is 9.29. The maximum atomic E-state index is 12.0.